The van der Waals surface area contributed by atoms with Gasteiger partial charge in [0, 0.05) is 18.2 Å². The van der Waals surface area contributed by atoms with Gasteiger partial charge in [-0.3, -0.25) is 4.79 Å². The molecule has 88 valence electrons. The number of amides is 1. The van der Waals surface area contributed by atoms with Crippen LogP contribution in [0.1, 0.15) is 17.3 Å². The van der Waals surface area contributed by atoms with Gasteiger partial charge in [0.15, 0.2) is 0 Å². The fourth-order valence-corrected chi connectivity index (χ4v) is 1.46. The van der Waals surface area contributed by atoms with Gasteiger partial charge in [-0.25, -0.2) is 0 Å². The molecule has 0 heterocycles. The molecule has 0 saturated carbocycles. The minimum Gasteiger partial charge on any atom is -0.507 e. The van der Waals surface area contributed by atoms with Crippen LogP contribution in [0, 0.1) is 0 Å². The Balaban J connectivity index is 2.73. The Hall–Kier alpha value is -1.26. The van der Waals surface area contributed by atoms with Crippen LogP contribution in [0.4, 0.5) is 0 Å². The summed E-state index contributed by atoms with van der Waals surface area (Å²) in [6.45, 7) is 2.23. The molecule has 1 atom stereocenters. The van der Waals surface area contributed by atoms with E-state index >= 15 is 0 Å². The second-order valence-electron chi connectivity index (χ2n) is 3.49. The van der Waals surface area contributed by atoms with Crippen LogP contribution < -0.4 is 5.32 Å². The van der Waals surface area contributed by atoms with Crippen LogP contribution in [0.3, 0.4) is 0 Å². The largest absolute Gasteiger partial charge is 0.507 e. The first-order valence-electron chi connectivity index (χ1n) is 4.83. The van der Waals surface area contributed by atoms with E-state index in [4.69, 9.17) is 16.3 Å². The molecule has 5 heteroatoms. The fourth-order valence-electron chi connectivity index (χ4n) is 1.29. The summed E-state index contributed by atoms with van der Waals surface area (Å²) in [5.74, 6) is -0.478. The summed E-state index contributed by atoms with van der Waals surface area (Å²) < 4.78 is 4.89. The number of carbonyl (C=O) groups excluding carboxylic acids is 1. The lowest BCUT2D eigenvalue weighted by Gasteiger charge is -2.13. The number of phenols is 1. The van der Waals surface area contributed by atoms with E-state index in [0.29, 0.717) is 11.6 Å². The second kappa shape index (κ2) is 5.72. The van der Waals surface area contributed by atoms with Crippen LogP contribution in [0.15, 0.2) is 18.2 Å². The number of hydrogen-bond acceptors (Lipinski definition) is 3. The highest BCUT2D eigenvalue weighted by Crippen LogP contribution is 2.21. The average Bonchev–Trinajstić information content (AvgIpc) is 2.17. The molecule has 0 aromatic heterocycles. The van der Waals surface area contributed by atoms with Crippen molar-refractivity contribution in [3.8, 4) is 5.75 Å². The number of carbonyl (C=O) groups is 1. The molecule has 1 unspecified atom stereocenters. The zero-order valence-corrected chi connectivity index (χ0v) is 9.91. The Kier molecular flexibility index (Phi) is 4.58. The molecule has 0 aliphatic rings. The smallest absolute Gasteiger partial charge is 0.255 e. The number of benzene rings is 1. The van der Waals surface area contributed by atoms with Gasteiger partial charge in [0.05, 0.1) is 12.2 Å². The number of hydrogen-bond donors (Lipinski definition) is 2. The monoisotopic (exact) mass is 243 g/mol. The third kappa shape index (κ3) is 3.40. The Bertz CT molecular complexity index is 381. The molecule has 16 heavy (non-hydrogen) atoms. The molecule has 0 bridgehead atoms. The number of nitrogens with one attached hydrogen (secondary N) is 1. The van der Waals surface area contributed by atoms with E-state index in [1.807, 2.05) is 6.92 Å². The van der Waals surface area contributed by atoms with E-state index in [1.54, 1.807) is 13.2 Å². The predicted molar refractivity (Wildman–Crippen MR) is 61.9 cm³/mol. The number of aromatic hydroxyl groups is 1. The molecule has 1 aromatic rings. The predicted octanol–water partition coefficient (Wildman–Crippen LogP) is 1.81. The van der Waals surface area contributed by atoms with Crippen LogP contribution in [-0.4, -0.2) is 30.8 Å². The quantitative estimate of drug-likeness (QED) is 0.848. The van der Waals surface area contributed by atoms with Crippen molar-refractivity contribution in [2.75, 3.05) is 13.7 Å². The Labute approximate surface area is 99.2 Å². The van der Waals surface area contributed by atoms with E-state index in [-0.39, 0.29) is 23.3 Å². The number of halogens is 1. The number of methoxy groups -OCH3 is 1. The number of phenolic OH excluding ortho intramolecular Hbond substituents is 1. The summed E-state index contributed by atoms with van der Waals surface area (Å²) >= 11 is 5.67. The van der Waals surface area contributed by atoms with Gasteiger partial charge in [0.2, 0.25) is 0 Å². The second-order valence-corrected chi connectivity index (χ2v) is 3.93. The highest BCUT2D eigenvalue weighted by molar-refractivity contribution is 6.30. The first-order valence-corrected chi connectivity index (χ1v) is 5.20. The maximum Gasteiger partial charge on any atom is 0.255 e. The summed E-state index contributed by atoms with van der Waals surface area (Å²) in [4.78, 5) is 11.7. The minimum absolute atomic E-state index is 0.118. The zero-order chi connectivity index (χ0) is 12.1. The van der Waals surface area contributed by atoms with Crippen molar-refractivity contribution in [3.63, 3.8) is 0 Å². The summed E-state index contributed by atoms with van der Waals surface area (Å²) in [6, 6.07) is 4.24. The van der Waals surface area contributed by atoms with E-state index in [9.17, 15) is 9.90 Å². The molecule has 0 aliphatic heterocycles. The fraction of sp³-hybridized carbons (Fsp3) is 0.364. The standard InChI is InChI=1S/C11H14ClNO3/c1-7(6-16-2)13-11(15)9-4-3-8(12)5-10(9)14/h3-5,7,14H,6H2,1-2H3,(H,13,15). The third-order valence-corrected chi connectivity index (χ3v) is 2.23. The Morgan fingerprint density at radius 3 is 2.88 bits per heavy atom. The van der Waals surface area contributed by atoms with Crippen LogP contribution in [-0.2, 0) is 4.74 Å². The van der Waals surface area contributed by atoms with Gasteiger partial charge in [-0.2, -0.15) is 0 Å². The molecular formula is C11H14ClNO3. The number of rotatable bonds is 4. The van der Waals surface area contributed by atoms with Gasteiger partial charge in [-0.05, 0) is 25.1 Å². The van der Waals surface area contributed by atoms with E-state index in [0.717, 1.165) is 0 Å². The van der Waals surface area contributed by atoms with Gasteiger partial charge in [-0.1, -0.05) is 11.6 Å². The molecule has 1 rings (SSSR count). The minimum atomic E-state index is -0.348. The molecule has 0 spiro atoms. The van der Waals surface area contributed by atoms with Gasteiger partial charge < -0.3 is 15.2 Å². The van der Waals surface area contributed by atoms with Crippen molar-refractivity contribution in [2.24, 2.45) is 0 Å². The van der Waals surface area contributed by atoms with E-state index in [1.165, 1.54) is 12.1 Å². The van der Waals surface area contributed by atoms with Crippen molar-refractivity contribution in [1.82, 2.24) is 5.32 Å². The summed E-state index contributed by atoms with van der Waals surface area (Å²) in [5.41, 5.74) is 0.201. The van der Waals surface area contributed by atoms with Gasteiger partial charge in [-0.15, -0.1) is 0 Å². The number of ether oxygens (including phenoxy) is 1. The van der Waals surface area contributed by atoms with E-state index in [2.05, 4.69) is 5.32 Å². The highest BCUT2D eigenvalue weighted by Gasteiger charge is 2.13. The summed E-state index contributed by atoms with van der Waals surface area (Å²) in [5, 5.41) is 12.6. The molecular weight excluding hydrogens is 230 g/mol. The lowest BCUT2D eigenvalue weighted by atomic mass is 10.2. The molecule has 0 fully saturated rings. The first-order chi connectivity index (χ1) is 7.54. The SMILES string of the molecule is COCC(C)NC(=O)c1ccc(Cl)cc1O. The van der Waals surface area contributed by atoms with Crippen LogP contribution in [0.25, 0.3) is 0 Å². The normalized spacial score (nSPS) is 12.2. The van der Waals surface area contributed by atoms with Crippen LogP contribution in [0.2, 0.25) is 5.02 Å². The van der Waals surface area contributed by atoms with Crippen molar-refractivity contribution < 1.29 is 14.6 Å². The van der Waals surface area contributed by atoms with Gasteiger partial charge >= 0.3 is 0 Å². The van der Waals surface area contributed by atoms with Crippen molar-refractivity contribution in [2.45, 2.75) is 13.0 Å². The first kappa shape index (κ1) is 12.8. The zero-order valence-electron chi connectivity index (χ0n) is 9.16. The lowest BCUT2D eigenvalue weighted by Crippen LogP contribution is -2.35. The summed E-state index contributed by atoms with van der Waals surface area (Å²) in [7, 11) is 1.56. The molecule has 0 saturated heterocycles. The van der Waals surface area contributed by atoms with Crippen LogP contribution >= 0.6 is 11.6 Å². The van der Waals surface area contributed by atoms with Crippen molar-refractivity contribution in [3.05, 3.63) is 28.8 Å². The van der Waals surface area contributed by atoms with Gasteiger partial charge in [0.1, 0.15) is 5.75 Å². The molecule has 0 radical (unpaired) electrons. The van der Waals surface area contributed by atoms with Crippen molar-refractivity contribution in [1.29, 1.82) is 0 Å². The molecule has 4 nitrogen and oxygen atoms in total. The van der Waals surface area contributed by atoms with Gasteiger partial charge in [0.25, 0.3) is 5.91 Å². The average molecular weight is 244 g/mol. The lowest BCUT2D eigenvalue weighted by molar-refractivity contribution is 0.0903. The molecule has 0 aliphatic carbocycles. The molecule has 2 N–H and O–H groups in total. The maximum atomic E-state index is 11.7. The third-order valence-electron chi connectivity index (χ3n) is 2.00. The summed E-state index contributed by atoms with van der Waals surface area (Å²) in [6.07, 6.45) is 0. The highest BCUT2D eigenvalue weighted by atomic mass is 35.5. The Morgan fingerprint density at radius 2 is 2.31 bits per heavy atom. The Morgan fingerprint density at radius 1 is 1.62 bits per heavy atom. The topological polar surface area (TPSA) is 58.6 Å². The van der Waals surface area contributed by atoms with Crippen molar-refractivity contribution >= 4 is 17.5 Å². The molecule has 1 aromatic carbocycles. The molecule has 1 amide bonds. The maximum absolute atomic E-state index is 11.7. The van der Waals surface area contributed by atoms with E-state index < -0.39 is 0 Å². The van der Waals surface area contributed by atoms with Crippen LogP contribution in [0.5, 0.6) is 5.75 Å².